The number of fused-ring (bicyclic) bond motifs is 3. The molecule has 0 fully saturated rings. The first-order chi connectivity index (χ1) is 19.1. The fourth-order valence-corrected chi connectivity index (χ4v) is 5.80. The molecule has 0 unspecified atom stereocenters. The summed E-state index contributed by atoms with van der Waals surface area (Å²) >= 11 is 0. The Bertz CT molecular complexity index is 1920. The van der Waals surface area contributed by atoms with Gasteiger partial charge in [0.2, 0.25) is 0 Å². The van der Waals surface area contributed by atoms with Gasteiger partial charge in [0.15, 0.2) is 11.6 Å². The highest BCUT2D eigenvalue weighted by Crippen LogP contribution is 2.35. The molecule has 4 nitrogen and oxygen atoms in total. The van der Waals surface area contributed by atoms with Crippen molar-refractivity contribution in [1.82, 2.24) is 19.3 Å². The van der Waals surface area contributed by atoms with Crippen LogP contribution >= 0.6 is 0 Å². The Morgan fingerprint density at radius 1 is 0.462 bits per heavy atom. The third kappa shape index (κ3) is 3.68. The lowest BCUT2D eigenvalue weighted by Crippen LogP contribution is -2.05. The van der Waals surface area contributed by atoms with E-state index in [2.05, 4.69) is 145 Å². The standard InChI is InChI=1S/C35H28N4/c1-23-11-4-5-14-28(23)35-37-36-34(39(35)33-24(2)12-10-13-25(33)3)26-19-21-27(22-20-26)38-31-17-8-6-15-29(31)30-16-7-9-18-32(30)38/h4-22H,1-3H3. The molecule has 7 aromatic rings. The molecular weight excluding hydrogens is 476 g/mol. The highest BCUT2D eigenvalue weighted by molar-refractivity contribution is 6.09. The van der Waals surface area contributed by atoms with Gasteiger partial charge in [-0.2, -0.15) is 0 Å². The minimum atomic E-state index is 0.833. The van der Waals surface area contributed by atoms with E-state index in [1.165, 1.54) is 38.5 Å². The van der Waals surface area contributed by atoms with E-state index in [0.717, 1.165) is 34.2 Å². The maximum absolute atomic E-state index is 4.76. The molecule has 0 aliphatic carbocycles. The summed E-state index contributed by atoms with van der Waals surface area (Å²) in [6.45, 7) is 6.43. The number of benzene rings is 5. The highest BCUT2D eigenvalue weighted by atomic mass is 15.3. The van der Waals surface area contributed by atoms with Gasteiger partial charge in [-0.25, -0.2) is 0 Å². The van der Waals surface area contributed by atoms with Crippen LogP contribution in [0, 0.1) is 20.8 Å². The van der Waals surface area contributed by atoms with Crippen molar-refractivity contribution < 1.29 is 0 Å². The van der Waals surface area contributed by atoms with Gasteiger partial charge in [-0.1, -0.05) is 78.9 Å². The van der Waals surface area contributed by atoms with Crippen molar-refractivity contribution in [2.75, 3.05) is 0 Å². The van der Waals surface area contributed by atoms with Crippen LogP contribution in [0.1, 0.15) is 16.7 Å². The van der Waals surface area contributed by atoms with Crippen LogP contribution in [0.4, 0.5) is 0 Å². The molecule has 0 N–H and O–H groups in total. The summed E-state index contributed by atoms with van der Waals surface area (Å²) in [5.41, 5.74) is 10.3. The Balaban J connectivity index is 1.42. The Morgan fingerprint density at radius 2 is 1.00 bits per heavy atom. The zero-order chi connectivity index (χ0) is 26.5. The zero-order valence-corrected chi connectivity index (χ0v) is 22.3. The number of hydrogen-bond donors (Lipinski definition) is 0. The van der Waals surface area contributed by atoms with Crippen LogP contribution in [0.5, 0.6) is 0 Å². The third-order valence-electron chi connectivity index (χ3n) is 7.68. The predicted octanol–water partition coefficient (Wildman–Crippen LogP) is 8.62. The monoisotopic (exact) mass is 504 g/mol. The summed E-state index contributed by atoms with van der Waals surface area (Å²) in [6, 6.07) is 40.7. The Kier molecular flexibility index (Phi) is 5.41. The Labute approximate surface area is 227 Å². The van der Waals surface area contributed by atoms with Gasteiger partial charge in [0.05, 0.1) is 16.7 Å². The van der Waals surface area contributed by atoms with Crippen molar-refractivity contribution in [1.29, 1.82) is 0 Å². The van der Waals surface area contributed by atoms with Crippen molar-refractivity contribution in [3.63, 3.8) is 0 Å². The number of para-hydroxylation sites is 3. The number of nitrogens with zero attached hydrogens (tertiary/aromatic N) is 4. The van der Waals surface area contributed by atoms with Crippen LogP contribution in [-0.2, 0) is 0 Å². The fourth-order valence-electron chi connectivity index (χ4n) is 5.80. The van der Waals surface area contributed by atoms with Gasteiger partial charge in [-0.05, 0) is 73.9 Å². The topological polar surface area (TPSA) is 35.6 Å². The van der Waals surface area contributed by atoms with Gasteiger partial charge in [-0.15, -0.1) is 10.2 Å². The zero-order valence-electron chi connectivity index (χ0n) is 22.3. The second-order valence-electron chi connectivity index (χ2n) is 10.2. The lowest BCUT2D eigenvalue weighted by molar-refractivity contribution is 1.03. The molecule has 0 bridgehead atoms. The highest BCUT2D eigenvalue weighted by Gasteiger charge is 2.21. The molecule has 0 atom stereocenters. The van der Waals surface area contributed by atoms with Crippen molar-refractivity contribution >= 4 is 21.8 Å². The van der Waals surface area contributed by atoms with Crippen LogP contribution in [0.2, 0.25) is 0 Å². The van der Waals surface area contributed by atoms with Gasteiger partial charge in [0.1, 0.15) is 0 Å². The lowest BCUT2D eigenvalue weighted by Gasteiger charge is -2.17. The number of aromatic nitrogens is 4. The van der Waals surface area contributed by atoms with E-state index in [0.29, 0.717) is 0 Å². The normalized spacial score (nSPS) is 11.5. The van der Waals surface area contributed by atoms with Crippen LogP contribution in [0.25, 0.3) is 56.0 Å². The van der Waals surface area contributed by atoms with Crippen LogP contribution in [0.15, 0.2) is 115 Å². The van der Waals surface area contributed by atoms with Gasteiger partial charge >= 0.3 is 0 Å². The molecule has 4 heteroatoms. The molecule has 0 radical (unpaired) electrons. The summed E-state index contributed by atoms with van der Waals surface area (Å²) in [7, 11) is 0. The summed E-state index contributed by atoms with van der Waals surface area (Å²) < 4.78 is 4.56. The van der Waals surface area contributed by atoms with Gasteiger partial charge in [-0.3, -0.25) is 4.57 Å². The van der Waals surface area contributed by atoms with E-state index in [4.69, 9.17) is 10.2 Å². The van der Waals surface area contributed by atoms with E-state index in [-0.39, 0.29) is 0 Å². The predicted molar refractivity (Wildman–Crippen MR) is 161 cm³/mol. The van der Waals surface area contributed by atoms with Crippen molar-refractivity contribution in [3.8, 4) is 34.2 Å². The molecule has 7 rings (SSSR count). The first-order valence-corrected chi connectivity index (χ1v) is 13.3. The second kappa shape index (κ2) is 9.10. The van der Waals surface area contributed by atoms with Crippen LogP contribution in [0.3, 0.4) is 0 Å². The average molecular weight is 505 g/mol. The third-order valence-corrected chi connectivity index (χ3v) is 7.68. The maximum atomic E-state index is 4.76. The number of rotatable bonds is 4. The molecule has 2 heterocycles. The van der Waals surface area contributed by atoms with Crippen molar-refractivity contribution in [2.24, 2.45) is 0 Å². The molecule has 5 aromatic carbocycles. The summed E-state index contributed by atoms with van der Waals surface area (Å²) in [5, 5.41) is 12.0. The summed E-state index contributed by atoms with van der Waals surface area (Å²) in [4.78, 5) is 0. The Hall–Kier alpha value is -4.96. The van der Waals surface area contributed by atoms with Crippen LogP contribution < -0.4 is 0 Å². The summed E-state index contributed by atoms with van der Waals surface area (Å²) in [6.07, 6.45) is 0. The molecule has 0 spiro atoms. The summed E-state index contributed by atoms with van der Waals surface area (Å²) in [5.74, 6) is 1.69. The van der Waals surface area contributed by atoms with Gasteiger partial charge in [0, 0.05) is 27.6 Å². The SMILES string of the molecule is Cc1ccccc1-c1nnc(-c2ccc(-n3c4ccccc4c4ccccc43)cc2)n1-c1c(C)cccc1C. The Morgan fingerprint density at radius 3 is 1.64 bits per heavy atom. The van der Waals surface area contributed by atoms with E-state index >= 15 is 0 Å². The molecular formula is C35H28N4. The molecule has 0 aliphatic rings. The van der Waals surface area contributed by atoms with E-state index in [1.807, 2.05) is 0 Å². The molecule has 39 heavy (non-hydrogen) atoms. The minimum absolute atomic E-state index is 0.833. The molecule has 188 valence electrons. The van der Waals surface area contributed by atoms with Gasteiger partial charge in [0.25, 0.3) is 0 Å². The van der Waals surface area contributed by atoms with E-state index in [1.54, 1.807) is 0 Å². The fraction of sp³-hybridized carbons (Fsp3) is 0.0857. The first kappa shape index (κ1) is 23.2. The molecule has 2 aromatic heterocycles. The second-order valence-corrected chi connectivity index (χ2v) is 10.2. The quantitative estimate of drug-likeness (QED) is 0.240. The molecule has 0 aliphatic heterocycles. The number of hydrogen-bond acceptors (Lipinski definition) is 2. The average Bonchev–Trinajstić information content (AvgIpc) is 3.53. The van der Waals surface area contributed by atoms with Crippen LogP contribution in [-0.4, -0.2) is 19.3 Å². The van der Waals surface area contributed by atoms with E-state index < -0.39 is 0 Å². The van der Waals surface area contributed by atoms with Gasteiger partial charge < -0.3 is 4.57 Å². The molecule has 0 amide bonds. The first-order valence-electron chi connectivity index (χ1n) is 13.3. The number of aryl methyl sites for hydroxylation is 3. The smallest absolute Gasteiger partial charge is 0.169 e. The molecule has 0 saturated heterocycles. The van der Waals surface area contributed by atoms with Crippen molar-refractivity contribution in [3.05, 3.63) is 132 Å². The van der Waals surface area contributed by atoms with Crippen molar-refractivity contribution in [2.45, 2.75) is 20.8 Å². The largest absolute Gasteiger partial charge is 0.309 e. The lowest BCUT2D eigenvalue weighted by atomic mass is 10.1. The maximum Gasteiger partial charge on any atom is 0.169 e. The molecule has 0 saturated carbocycles. The minimum Gasteiger partial charge on any atom is -0.309 e. The van der Waals surface area contributed by atoms with E-state index in [9.17, 15) is 0 Å².